The topological polar surface area (TPSA) is 29.1 Å². The summed E-state index contributed by atoms with van der Waals surface area (Å²) in [6.07, 6.45) is 11.0. The number of carbonyl (C=O) groups excluding carboxylic acids is 1. The molecular formula is C21H37NO. The number of hydrogen-bond donors (Lipinski definition) is 1. The lowest BCUT2D eigenvalue weighted by Gasteiger charge is -2.23. The van der Waals surface area contributed by atoms with Gasteiger partial charge in [0.05, 0.1) is 0 Å². The van der Waals surface area contributed by atoms with Gasteiger partial charge in [-0.1, -0.05) is 64.7 Å². The van der Waals surface area contributed by atoms with E-state index >= 15 is 0 Å². The Bertz CT molecular complexity index is 422. The molecule has 23 heavy (non-hydrogen) atoms. The first kappa shape index (κ1) is 20.0. The molecule has 0 saturated carbocycles. The van der Waals surface area contributed by atoms with Crippen LogP contribution in [0.3, 0.4) is 0 Å². The highest BCUT2D eigenvalue weighted by Crippen LogP contribution is 2.36. The van der Waals surface area contributed by atoms with Gasteiger partial charge in [-0.05, 0) is 50.4 Å². The van der Waals surface area contributed by atoms with E-state index in [1.807, 2.05) is 6.92 Å². The minimum absolute atomic E-state index is 0.0238. The van der Waals surface area contributed by atoms with Crippen LogP contribution >= 0.6 is 0 Å². The van der Waals surface area contributed by atoms with Crippen molar-refractivity contribution in [2.75, 3.05) is 6.54 Å². The molecule has 132 valence electrons. The van der Waals surface area contributed by atoms with Gasteiger partial charge in [0.2, 0.25) is 5.91 Å². The molecule has 0 heterocycles. The van der Waals surface area contributed by atoms with Crippen LogP contribution in [0, 0.1) is 11.8 Å². The van der Waals surface area contributed by atoms with E-state index in [0.717, 1.165) is 18.9 Å². The van der Waals surface area contributed by atoms with Crippen LogP contribution in [0.2, 0.25) is 0 Å². The van der Waals surface area contributed by atoms with E-state index in [1.54, 1.807) is 11.1 Å². The fourth-order valence-corrected chi connectivity index (χ4v) is 3.77. The largest absolute Gasteiger partial charge is 0.352 e. The zero-order chi connectivity index (χ0) is 17.2. The number of rotatable bonds is 9. The number of amides is 1. The molecule has 1 N–H and O–H groups in total. The van der Waals surface area contributed by atoms with Crippen molar-refractivity contribution < 1.29 is 4.79 Å². The van der Waals surface area contributed by atoms with E-state index in [0.29, 0.717) is 11.5 Å². The van der Waals surface area contributed by atoms with Crippen LogP contribution in [0.25, 0.3) is 0 Å². The Balaban J connectivity index is 2.77. The van der Waals surface area contributed by atoms with Gasteiger partial charge >= 0.3 is 0 Å². The Kier molecular flexibility index (Phi) is 9.28. The minimum atomic E-state index is 0.0238. The fraction of sp³-hybridized carbons (Fsp3) is 0.762. The molecule has 0 aromatic carbocycles. The number of hydrogen-bond acceptors (Lipinski definition) is 1. The molecule has 1 rings (SSSR count). The molecule has 0 saturated heterocycles. The highest BCUT2D eigenvalue weighted by Gasteiger charge is 2.22. The highest BCUT2D eigenvalue weighted by atomic mass is 16.1. The monoisotopic (exact) mass is 319 g/mol. The third kappa shape index (κ3) is 6.53. The summed E-state index contributed by atoms with van der Waals surface area (Å²) < 4.78 is 0. The lowest BCUT2D eigenvalue weighted by molar-refractivity contribution is -0.117. The van der Waals surface area contributed by atoms with Crippen molar-refractivity contribution in [3.63, 3.8) is 0 Å². The molecule has 2 atom stereocenters. The predicted molar refractivity (Wildman–Crippen MR) is 100 cm³/mol. The van der Waals surface area contributed by atoms with Crippen LogP contribution in [0.5, 0.6) is 0 Å². The maximum atomic E-state index is 12.0. The Hall–Kier alpha value is -1.05. The summed E-state index contributed by atoms with van der Waals surface area (Å²) in [5, 5.41) is 3.09. The normalized spacial score (nSPS) is 20.1. The Morgan fingerprint density at radius 2 is 2.04 bits per heavy atom. The van der Waals surface area contributed by atoms with Crippen molar-refractivity contribution in [1.82, 2.24) is 5.32 Å². The Morgan fingerprint density at radius 3 is 2.65 bits per heavy atom. The molecule has 0 aliphatic heterocycles. The molecule has 0 bridgehead atoms. The predicted octanol–water partition coefficient (Wildman–Crippen LogP) is 5.79. The van der Waals surface area contributed by atoms with E-state index in [9.17, 15) is 4.79 Å². The van der Waals surface area contributed by atoms with Gasteiger partial charge in [0.15, 0.2) is 0 Å². The first-order valence-electron chi connectivity index (χ1n) is 9.70. The second-order valence-corrected chi connectivity index (χ2v) is 7.20. The molecule has 2 unspecified atom stereocenters. The van der Waals surface area contributed by atoms with Gasteiger partial charge < -0.3 is 5.32 Å². The quantitative estimate of drug-likeness (QED) is 0.423. The van der Waals surface area contributed by atoms with Gasteiger partial charge in [0, 0.05) is 12.1 Å². The summed E-state index contributed by atoms with van der Waals surface area (Å²) in [6, 6.07) is 0. The zero-order valence-electron chi connectivity index (χ0n) is 15.8. The van der Waals surface area contributed by atoms with Gasteiger partial charge in [-0.2, -0.15) is 0 Å². The van der Waals surface area contributed by atoms with Crippen LogP contribution in [0.15, 0.2) is 23.3 Å². The molecule has 1 aliphatic carbocycles. The van der Waals surface area contributed by atoms with Gasteiger partial charge in [-0.3, -0.25) is 4.79 Å². The van der Waals surface area contributed by atoms with Gasteiger partial charge in [0.1, 0.15) is 0 Å². The third-order valence-corrected chi connectivity index (χ3v) is 5.21. The van der Waals surface area contributed by atoms with Crippen LogP contribution in [-0.2, 0) is 4.79 Å². The summed E-state index contributed by atoms with van der Waals surface area (Å²) in [6.45, 7) is 13.4. The summed E-state index contributed by atoms with van der Waals surface area (Å²) in [5.74, 6) is 1.31. The molecule has 1 amide bonds. The maximum absolute atomic E-state index is 12.0. The lowest BCUT2D eigenvalue weighted by atomic mass is 9.85. The van der Waals surface area contributed by atoms with Crippen LogP contribution in [0.1, 0.15) is 85.5 Å². The molecule has 2 nitrogen and oxygen atoms in total. The van der Waals surface area contributed by atoms with Crippen molar-refractivity contribution in [2.45, 2.75) is 85.5 Å². The second-order valence-electron chi connectivity index (χ2n) is 7.20. The maximum Gasteiger partial charge on any atom is 0.246 e. The average Bonchev–Trinajstić information content (AvgIpc) is 2.74. The van der Waals surface area contributed by atoms with E-state index in [2.05, 4.69) is 32.7 Å². The lowest BCUT2D eigenvalue weighted by Crippen LogP contribution is -2.30. The second kappa shape index (κ2) is 10.7. The van der Waals surface area contributed by atoms with Gasteiger partial charge in [0.25, 0.3) is 0 Å². The summed E-state index contributed by atoms with van der Waals surface area (Å²) in [4.78, 5) is 12.0. The van der Waals surface area contributed by atoms with Crippen LogP contribution < -0.4 is 5.32 Å². The number of nitrogens with one attached hydrogen (secondary N) is 1. The SMILES string of the molecule is C=C(CC)C(=O)NCC(C)C1=C(CCC)CCCC(CCC)C1. The molecule has 0 aromatic heterocycles. The first-order valence-corrected chi connectivity index (χ1v) is 9.70. The molecule has 0 aromatic rings. The number of carbonyl (C=O) groups is 1. The molecule has 0 fully saturated rings. The standard InChI is InChI=1S/C21H37NO/c1-6-10-18-12-9-13-19(11-7-2)20(14-18)17(5)15-22-21(23)16(4)8-3/h17-18H,4,6-15H2,1-3,5H3,(H,22,23). The zero-order valence-corrected chi connectivity index (χ0v) is 15.8. The van der Waals surface area contributed by atoms with Gasteiger partial charge in [-0.15, -0.1) is 0 Å². The van der Waals surface area contributed by atoms with Crippen LogP contribution in [0.4, 0.5) is 0 Å². The average molecular weight is 320 g/mol. The molecule has 0 radical (unpaired) electrons. The van der Waals surface area contributed by atoms with E-state index in [4.69, 9.17) is 0 Å². The Morgan fingerprint density at radius 1 is 1.30 bits per heavy atom. The van der Waals surface area contributed by atoms with Crippen molar-refractivity contribution in [2.24, 2.45) is 11.8 Å². The smallest absolute Gasteiger partial charge is 0.246 e. The van der Waals surface area contributed by atoms with E-state index in [-0.39, 0.29) is 5.91 Å². The molecular weight excluding hydrogens is 282 g/mol. The number of allylic oxidation sites excluding steroid dienone is 1. The summed E-state index contributed by atoms with van der Waals surface area (Å²) in [7, 11) is 0. The van der Waals surface area contributed by atoms with Crippen molar-refractivity contribution in [3.05, 3.63) is 23.3 Å². The highest BCUT2D eigenvalue weighted by molar-refractivity contribution is 5.92. The fourth-order valence-electron chi connectivity index (χ4n) is 3.77. The van der Waals surface area contributed by atoms with Crippen molar-refractivity contribution >= 4 is 5.91 Å². The molecule has 1 aliphatic rings. The molecule has 2 heteroatoms. The van der Waals surface area contributed by atoms with Crippen molar-refractivity contribution in [1.29, 1.82) is 0 Å². The van der Waals surface area contributed by atoms with Gasteiger partial charge in [-0.25, -0.2) is 0 Å². The molecule has 0 spiro atoms. The Labute approximate surface area is 143 Å². The first-order chi connectivity index (χ1) is 11.0. The van der Waals surface area contributed by atoms with Crippen molar-refractivity contribution in [3.8, 4) is 0 Å². The van der Waals surface area contributed by atoms with Crippen LogP contribution in [-0.4, -0.2) is 12.5 Å². The third-order valence-electron chi connectivity index (χ3n) is 5.21. The summed E-state index contributed by atoms with van der Waals surface area (Å²) >= 11 is 0. The minimum Gasteiger partial charge on any atom is -0.352 e. The van der Waals surface area contributed by atoms with E-state index < -0.39 is 0 Å². The van der Waals surface area contributed by atoms with E-state index in [1.165, 1.54) is 51.4 Å². The summed E-state index contributed by atoms with van der Waals surface area (Å²) in [5.41, 5.74) is 4.01.